The van der Waals surface area contributed by atoms with E-state index in [0.29, 0.717) is 5.56 Å². The maximum atomic E-state index is 12.1. The van der Waals surface area contributed by atoms with Gasteiger partial charge in [-0.15, -0.1) is 0 Å². The van der Waals surface area contributed by atoms with Gasteiger partial charge < -0.3 is 20.3 Å². The summed E-state index contributed by atoms with van der Waals surface area (Å²) in [6.45, 7) is 0. The van der Waals surface area contributed by atoms with Crippen molar-refractivity contribution in [2.45, 2.75) is 25.1 Å². The summed E-state index contributed by atoms with van der Waals surface area (Å²) in [6, 6.07) is 1.99. The first-order chi connectivity index (χ1) is 8.78. The van der Waals surface area contributed by atoms with Crippen LogP contribution in [0.15, 0.2) is 12.1 Å². The van der Waals surface area contributed by atoms with Crippen LogP contribution in [0.5, 0.6) is 17.2 Å². The smallest absolute Gasteiger partial charge is 0.389 e. The van der Waals surface area contributed by atoms with Gasteiger partial charge in [-0.2, -0.15) is 13.2 Å². The molecule has 0 heterocycles. The molecule has 0 aliphatic heterocycles. The Morgan fingerprint density at radius 2 is 1.68 bits per heavy atom. The van der Waals surface area contributed by atoms with E-state index >= 15 is 0 Å². The zero-order chi connectivity index (χ0) is 14.6. The van der Waals surface area contributed by atoms with Gasteiger partial charge in [0.05, 0.1) is 14.2 Å². The van der Waals surface area contributed by atoms with Crippen molar-refractivity contribution < 1.29 is 27.8 Å². The molecular formula is C12H16F3NO3. The molecule has 0 radical (unpaired) electrons. The van der Waals surface area contributed by atoms with Crippen LogP contribution in [0.25, 0.3) is 0 Å². The number of hydrogen-bond donors (Lipinski definition) is 2. The predicted molar refractivity (Wildman–Crippen MR) is 63.4 cm³/mol. The average Bonchev–Trinajstić information content (AvgIpc) is 2.35. The van der Waals surface area contributed by atoms with Gasteiger partial charge in [-0.1, -0.05) is 0 Å². The fourth-order valence-corrected chi connectivity index (χ4v) is 1.61. The number of benzene rings is 1. The van der Waals surface area contributed by atoms with E-state index in [4.69, 9.17) is 15.2 Å². The SMILES string of the molecule is COc1cc([C@@H](N)CCC(F)(F)F)cc(OC)c1O. The second-order valence-corrected chi connectivity index (χ2v) is 4.03. The van der Waals surface area contributed by atoms with E-state index in [2.05, 4.69) is 0 Å². The first-order valence-corrected chi connectivity index (χ1v) is 5.55. The van der Waals surface area contributed by atoms with Crippen molar-refractivity contribution in [1.29, 1.82) is 0 Å². The third kappa shape index (κ3) is 4.20. The number of methoxy groups -OCH3 is 2. The fourth-order valence-electron chi connectivity index (χ4n) is 1.61. The zero-order valence-corrected chi connectivity index (χ0v) is 10.6. The summed E-state index contributed by atoms with van der Waals surface area (Å²) in [4.78, 5) is 0. The maximum Gasteiger partial charge on any atom is 0.389 e. The standard InChI is InChI=1S/C12H16F3NO3/c1-18-9-5-7(6-10(19-2)11(9)17)8(16)3-4-12(13,14)15/h5-6,8,17H,3-4,16H2,1-2H3/t8-/m0/s1. The van der Waals surface area contributed by atoms with Gasteiger partial charge >= 0.3 is 6.18 Å². The molecule has 4 nitrogen and oxygen atoms in total. The lowest BCUT2D eigenvalue weighted by atomic mass is 10.0. The van der Waals surface area contributed by atoms with Crippen LogP contribution in [0.2, 0.25) is 0 Å². The van der Waals surface area contributed by atoms with E-state index in [1.54, 1.807) is 0 Å². The summed E-state index contributed by atoms with van der Waals surface area (Å²) >= 11 is 0. The molecular weight excluding hydrogens is 263 g/mol. The second kappa shape index (κ2) is 6.01. The molecule has 0 aromatic heterocycles. The second-order valence-electron chi connectivity index (χ2n) is 4.03. The number of hydrogen-bond acceptors (Lipinski definition) is 4. The summed E-state index contributed by atoms with van der Waals surface area (Å²) in [7, 11) is 2.67. The Labute approximate surface area is 108 Å². The lowest BCUT2D eigenvalue weighted by Crippen LogP contribution is -2.16. The molecule has 7 heteroatoms. The summed E-state index contributed by atoms with van der Waals surface area (Å²) in [6.07, 6.45) is -5.47. The van der Waals surface area contributed by atoms with E-state index < -0.39 is 18.6 Å². The summed E-state index contributed by atoms with van der Waals surface area (Å²) in [5.41, 5.74) is 6.12. The minimum atomic E-state index is -4.25. The molecule has 0 aliphatic carbocycles. The number of phenols is 1. The first kappa shape index (κ1) is 15.4. The lowest BCUT2D eigenvalue weighted by molar-refractivity contribution is -0.136. The van der Waals surface area contributed by atoms with Crippen LogP contribution in [-0.2, 0) is 0 Å². The quantitative estimate of drug-likeness (QED) is 0.869. The summed E-state index contributed by atoms with van der Waals surface area (Å²) in [5, 5.41) is 9.68. The molecule has 0 bridgehead atoms. The topological polar surface area (TPSA) is 64.7 Å². The minimum absolute atomic E-state index is 0.108. The van der Waals surface area contributed by atoms with Crippen LogP contribution in [0.3, 0.4) is 0 Å². The Hall–Kier alpha value is -1.63. The third-order valence-electron chi connectivity index (χ3n) is 2.67. The van der Waals surface area contributed by atoms with Crippen molar-refractivity contribution in [3.05, 3.63) is 17.7 Å². The predicted octanol–water partition coefficient (Wildman–Crippen LogP) is 2.75. The van der Waals surface area contributed by atoms with Crippen LogP contribution in [-0.4, -0.2) is 25.5 Å². The van der Waals surface area contributed by atoms with Crippen molar-refractivity contribution in [3.8, 4) is 17.2 Å². The summed E-state index contributed by atoms with van der Waals surface area (Å²) in [5.74, 6) is 0.00499. The molecule has 3 N–H and O–H groups in total. The van der Waals surface area contributed by atoms with Crippen LogP contribution in [0, 0.1) is 0 Å². The Morgan fingerprint density at radius 3 is 2.05 bits per heavy atom. The molecule has 0 amide bonds. The normalized spacial score (nSPS) is 13.2. The number of alkyl halides is 3. The number of aromatic hydroxyl groups is 1. The van der Waals surface area contributed by atoms with Gasteiger partial charge in [-0.25, -0.2) is 0 Å². The van der Waals surface area contributed by atoms with Crippen molar-refractivity contribution in [3.63, 3.8) is 0 Å². The van der Waals surface area contributed by atoms with E-state index in [0.717, 1.165) is 0 Å². The van der Waals surface area contributed by atoms with Crippen molar-refractivity contribution in [2.24, 2.45) is 5.73 Å². The minimum Gasteiger partial charge on any atom is -0.502 e. The molecule has 0 unspecified atom stereocenters. The Kier molecular flexibility index (Phi) is 4.88. The Morgan fingerprint density at radius 1 is 1.21 bits per heavy atom. The molecule has 1 aromatic carbocycles. The zero-order valence-electron chi connectivity index (χ0n) is 10.6. The van der Waals surface area contributed by atoms with Gasteiger partial charge in [0.15, 0.2) is 11.5 Å². The first-order valence-electron chi connectivity index (χ1n) is 5.55. The molecule has 19 heavy (non-hydrogen) atoms. The number of ether oxygens (including phenoxy) is 2. The number of nitrogens with two attached hydrogens (primary N) is 1. The molecule has 0 saturated heterocycles. The molecule has 1 atom stereocenters. The van der Waals surface area contributed by atoms with E-state index in [1.165, 1.54) is 26.4 Å². The molecule has 108 valence electrons. The highest BCUT2D eigenvalue weighted by Gasteiger charge is 2.28. The van der Waals surface area contributed by atoms with Crippen molar-refractivity contribution in [1.82, 2.24) is 0 Å². The molecule has 0 fully saturated rings. The maximum absolute atomic E-state index is 12.1. The number of rotatable bonds is 5. The van der Waals surface area contributed by atoms with Gasteiger partial charge in [0, 0.05) is 12.5 Å². The lowest BCUT2D eigenvalue weighted by Gasteiger charge is -2.16. The fraction of sp³-hybridized carbons (Fsp3) is 0.500. The highest BCUT2D eigenvalue weighted by atomic mass is 19.4. The van der Waals surface area contributed by atoms with Crippen LogP contribution in [0.4, 0.5) is 13.2 Å². The third-order valence-corrected chi connectivity index (χ3v) is 2.67. The number of phenolic OH excluding ortho intramolecular Hbond substituents is 1. The van der Waals surface area contributed by atoms with Crippen LogP contribution >= 0.6 is 0 Å². The molecule has 1 aromatic rings. The van der Waals surface area contributed by atoms with E-state index in [9.17, 15) is 18.3 Å². The average molecular weight is 279 g/mol. The van der Waals surface area contributed by atoms with Gasteiger partial charge in [0.25, 0.3) is 0 Å². The van der Waals surface area contributed by atoms with E-state index in [1.807, 2.05) is 0 Å². The van der Waals surface area contributed by atoms with Crippen LogP contribution in [0.1, 0.15) is 24.4 Å². The van der Waals surface area contributed by atoms with E-state index in [-0.39, 0.29) is 23.7 Å². The molecule has 1 rings (SSSR count). The summed E-state index contributed by atoms with van der Waals surface area (Å²) < 4.78 is 46.3. The van der Waals surface area contributed by atoms with Gasteiger partial charge in [-0.3, -0.25) is 0 Å². The highest BCUT2D eigenvalue weighted by Crippen LogP contribution is 2.39. The molecule has 0 aliphatic rings. The van der Waals surface area contributed by atoms with Gasteiger partial charge in [-0.05, 0) is 24.1 Å². The monoisotopic (exact) mass is 279 g/mol. The van der Waals surface area contributed by atoms with Crippen molar-refractivity contribution in [2.75, 3.05) is 14.2 Å². The number of halogens is 3. The molecule has 0 saturated carbocycles. The van der Waals surface area contributed by atoms with Crippen molar-refractivity contribution >= 4 is 0 Å². The molecule has 0 spiro atoms. The largest absolute Gasteiger partial charge is 0.502 e. The van der Waals surface area contributed by atoms with Gasteiger partial charge in [0.2, 0.25) is 5.75 Å². The van der Waals surface area contributed by atoms with Crippen LogP contribution < -0.4 is 15.2 Å². The Bertz CT molecular complexity index is 410. The van der Waals surface area contributed by atoms with Gasteiger partial charge in [0.1, 0.15) is 0 Å². The Balaban J connectivity index is 2.93. The highest BCUT2D eigenvalue weighted by molar-refractivity contribution is 5.53.